The molecule has 0 aliphatic carbocycles. The molecule has 0 aliphatic rings. The minimum atomic E-state index is -1.40. The number of aromatic hydroxyl groups is 1. The summed E-state index contributed by atoms with van der Waals surface area (Å²) in [5.74, 6) is -4.35. The average Bonchev–Trinajstić information content (AvgIpc) is 2.75. The Balaban J connectivity index is 3.03. The monoisotopic (exact) mass is 484 g/mol. The summed E-state index contributed by atoms with van der Waals surface area (Å²) in [6.07, 6.45) is 1.32. The molecule has 0 fully saturated rings. The predicted molar refractivity (Wildman–Crippen MR) is 120 cm³/mol. The second-order valence-electron chi connectivity index (χ2n) is 7.09. The number of aliphatic carboxylic acids is 2. The number of carboxylic acids is 2. The summed E-state index contributed by atoms with van der Waals surface area (Å²) in [4.78, 5) is 59.2. The highest BCUT2D eigenvalue weighted by molar-refractivity contribution is 7.98. The van der Waals surface area contributed by atoms with Crippen molar-refractivity contribution in [2.24, 2.45) is 5.73 Å². The zero-order valence-corrected chi connectivity index (χ0v) is 18.8. The van der Waals surface area contributed by atoms with Crippen LogP contribution in [0.5, 0.6) is 5.75 Å². The van der Waals surface area contributed by atoms with Crippen LogP contribution in [0.1, 0.15) is 18.4 Å². The number of benzene rings is 1. The number of rotatable bonds is 14. The molecule has 0 unspecified atom stereocenters. The van der Waals surface area contributed by atoms with E-state index in [1.165, 1.54) is 36.0 Å². The van der Waals surface area contributed by atoms with E-state index in [-0.39, 0.29) is 18.6 Å². The Hall–Kier alpha value is -3.32. The second-order valence-corrected chi connectivity index (χ2v) is 8.08. The largest absolute Gasteiger partial charge is 0.508 e. The van der Waals surface area contributed by atoms with Crippen molar-refractivity contribution in [2.45, 2.75) is 37.4 Å². The molecular formula is C20H28N4O8S. The molecule has 13 heteroatoms. The molecule has 0 saturated carbocycles. The smallest absolute Gasteiger partial charge is 0.322 e. The van der Waals surface area contributed by atoms with Crippen molar-refractivity contribution in [1.82, 2.24) is 16.0 Å². The van der Waals surface area contributed by atoms with Crippen molar-refractivity contribution < 1.29 is 39.3 Å². The topological polar surface area (TPSA) is 208 Å². The van der Waals surface area contributed by atoms with E-state index in [4.69, 9.17) is 15.9 Å². The molecule has 3 atom stereocenters. The molecule has 0 aromatic heterocycles. The molecule has 1 aromatic rings. The number of carboxylic acid groups (broad SMARTS) is 2. The number of carbonyl (C=O) groups is 5. The van der Waals surface area contributed by atoms with E-state index < -0.39 is 60.8 Å². The maximum absolute atomic E-state index is 13.0. The molecule has 0 spiro atoms. The van der Waals surface area contributed by atoms with Crippen LogP contribution in [0.4, 0.5) is 0 Å². The summed E-state index contributed by atoms with van der Waals surface area (Å²) in [6.45, 7) is -0.623. The van der Waals surface area contributed by atoms with Gasteiger partial charge in [0.1, 0.15) is 24.4 Å². The van der Waals surface area contributed by atoms with Gasteiger partial charge in [-0.15, -0.1) is 0 Å². The third kappa shape index (κ3) is 10.7. The molecule has 1 rings (SSSR count). The Kier molecular flexibility index (Phi) is 11.7. The third-order valence-electron chi connectivity index (χ3n) is 4.40. The fourth-order valence-electron chi connectivity index (χ4n) is 2.70. The Morgan fingerprint density at radius 2 is 1.55 bits per heavy atom. The van der Waals surface area contributed by atoms with E-state index in [9.17, 15) is 29.1 Å². The molecule has 8 N–H and O–H groups in total. The first-order chi connectivity index (χ1) is 15.5. The fourth-order valence-corrected chi connectivity index (χ4v) is 3.17. The number of carbonyl (C=O) groups excluding carboxylic acids is 3. The van der Waals surface area contributed by atoms with Crippen LogP contribution < -0.4 is 21.7 Å². The zero-order chi connectivity index (χ0) is 25.0. The van der Waals surface area contributed by atoms with Gasteiger partial charge in [0.2, 0.25) is 17.7 Å². The zero-order valence-electron chi connectivity index (χ0n) is 17.9. The van der Waals surface area contributed by atoms with Gasteiger partial charge in [-0.1, -0.05) is 12.1 Å². The Bertz CT molecular complexity index is 849. The molecule has 12 nitrogen and oxygen atoms in total. The Morgan fingerprint density at radius 1 is 0.939 bits per heavy atom. The predicted octanol–water partition coefficient (Wildman–Crippen LogP) is -1.34. The van der Waals surface area contributed by atoms with Crippen molar-refractivity contribution >= 4 is 41.4 Å². The van der Waals surface area contributed by atoms with Gasteiger partial charge in [-0.05, 0) is 36.1 Å². The summed E-state index contributed by atoms with van der Waals surface area (Å²) >= 11 is 1.42. The molecule has 0 aliphatic heterocycles. The van der Waals surface area contributed by atoms with Gasteiger partial charge in [-0.25, -0.2) is 0 Å². The number of thioether (sulfide) groups is 1. The van der Waals surface area contributed by atoms with Crippen LogP contribution in [0.3, 0.4) is 0 Å². The lowest BCUT2D eigenvalue weighted by Crippen LogP contribution is -2.57. The van der Waals surface area contributed by atoms with Crippen LogP contribution in [0.2, 0.25) is 0 Å². The van der Waals surface area contributed by atoms with Crippen LogP contribution in [-0.2, 0) is 30.4 Å². The first-order valence-electron chi connectivity index (χ1n) is 9.88. The maximum Gasteiger partial charge on any atom is 0.322 e. The van der Waals surface area contributed by atoms with E-state index in [1.54, 1.807) is 6.26 Å². The summed E-state index contributed by atoms with van der Waals surface area (Å²) in [7, 11) is 0. The van der Waals surface area contributed by atoms with Gasteiger partial charge in [0.15, 0.2) is 0 Å². The van der Waals surface area contributed by atoms with Crippen molar-refractivity contribution in [3.63, 3.8) is 0 Å². The first kappa shape index (κ1) is 27.7. The van der Waals surface area contributed by atoms with Crippen molar-refractivity contribution in [1.29, 1.82) is 0 Å². The molecule has 182 valence electrons. The van der Waals surface area contributed by atoms with Gasteiger partial charge < -0.3 is 37.0 Å². The number of phenols is 1. The Labute approximate surface area is 194 Å². The molecule has 3 amide bonds. The quantitative estimate of drug-likeness (QED) is 0.165. The van der Waals surface area contributed by atoms with Crippen molar-refractivity contribution in [3.8, 4) is 5.75 Å². The Morgan fingerprint density at radius 3 is 2.09 bits per heavy atom. The molecular weight excluding hydrogens is 456 g/mol. The third-order valence-corrected chi connectivity index (χ3v) is 5.04. The van der Waals surface area contributed by atoms with Crippen molar-refractivity contribution in [3.05, 3.63) is 29.8 Å². The minimum Gasteiger partial charge on any atom is -0.508 e. The van der Waals surface area contributed by atoms with Crippen LogP contribution in [0.15, 0.2) is 24.3 Å². The van der Waals surface area contributed by atoms with E-state index in [1.807, 2.05) is 0 Å². The lowest BCUT2D eigenvalue weighted by atomic mass is 10.0. The van der Waals surface area contributed by atoms with Crippen LogP contribution in [-0.4, -0.2) is 81.7 Å². The first-order valence-corrected chi connectivity index (χ1v) is 11.3. The van der Waals surface area contributed by atoms with E-state index in [0.29, 0.717) is 11.3 Å². The summed E-state index contributed by atoms with van der Waals surface area (Å²) in [5, 5.41) is 34.2. The fraction of sp³-hybridized carbons (Fsp3) is 0.450. The number of amides is 3. The summed E-state index contributed by atoms with van der Waals surface area (Å²) < 4.78 is 0. The van der Waals surface area contributed by atoms with E-state index in [2.05, 4.69) is 16.0 Å². The van der Waals surface area contributed by atoms with Gasteiger partial charge in [0.25, 0.3) is 0 Å². The summed E-state index contributed by atoms with van der Waals surface area (Å²) in [5.41, 5.74) is 6.15. The van der Waals surface area contributed by atoms with Crippen LogP contribution in [0, 0.1) is 0 Å². The van der Waals surface area contributed by atoms with Gasteiger partial charge in [-0.3, -0.25) is 24.0 Å². The second kappa shape index (κ2) is 14.0. The lowest BCUT2D eigenvalue weighted by molar-refractivity contribution is -0.139. The van der Waals surface area contributed by atoms with Crippen LogP contribution >= 0.6 is 11.8 Å². The molecule has 0 bridgehead atoms. The molecule has 33 heavy (non-hydrogen) atoms. The number of nitrogens with one attached hydrogen (secondary N) is 3. The molecule has 0 radical (unpaired) electrons. The van der Waals surface area contributed by atoms with Crippen LogP contribution in [0.25, 0.3) is 0 Å². The SMILES string of the molecule is CSCC[C@H](NC(=O)[C@H](Cc1ccc(O)cc1)NC(=O)[C@H](N)CC(=O)O)C(=O)NCC(=O)O. The van der Waals surface area contributed by atoms with Gasteiger partial charge in [-0.2, -0.15) is 11.8 Å². The minimum absolute atomic E-state index is 0.000464. The molecule has 0 heterocycles. The highest BCUT2D eigenvalue weighted by atomic mass is 32.2. The number of hydrogen-bond donors (Lipinski definition) is 7. The van der Waals surface area contributed by atoms with Gasteiger partial charge in [0, 0.05) is 6.42 Å². The summed E-state index contributed by atoms with van der Waals surface area (Å²) in [6, 6.07) is 2.17. The van der Waals surface area contributed by atoms with Gasteiger partial charge >= 0.3 is 11.9 Å². The van der Waals surface area contributed by atoms with Gasteiger partial charge in [0.05, 0.1) is 12.5 Å². The number of nitrogens with two attached hydrogens (primary N) is 1. The van der Waals surface area contributed by atoms with E-state index in [0.717, 1.165) is 0 Å². The standard InChI is InChI=1S/C20H28N4O8S/c1-33-7-6-14(19(31)22-10-17(28)29)23-20(32)15(8-11-2-4-12(25)5-3-11)24-18(30)13(21)9-16(26)27/h2-5,13-15,25H,6-10,21H2,1H3,(H,22,31)(H,23,32)(H,24,30)(H,26,27)(H,28,29)/t13-,14+,15+/m1/s1. The van der Waals surface area contributed by atoms with E-state index >= 15 is 0 Å². The highest BCUT2D eigenvalue weighted by Gasteiger charge is 2.29. The average molecular weight is 485 g/mol. The molecule has 0 saturated heterocycles. The lowest BCUT2D eigenvalue weighted by Gasteiger charge is -2.24. The normalized spacial score (nSPS) is 13.3. The number of phenolic OH excluding ortho intramolecular Hbond substituents is 1. The number of hydrogen-bond acceptors (Lipinski definition) is 8. The molecule has 1 aromatic carbocycles. The maximum atomic E-state index is 13.0. The van der Waals surface area contributed by atoms with Crippen molar-refractivity contribution in [2.75, 3.05) is 18.6 Å². The highest BCUT2D eigenvalue weighted by Crippen LogP contribution is 2.12.